The number of fused-ring (bicyclic) bond motifs is 1. The Morgan fingerprint density at radius 1 is 1.17 bits per heavy atom. The third kappa shape index (κ3) is 2.42. The molecule has 24 heavy (non-hydrogen) atoms. The third-order valence-electron chi connectivity index (χ3n) is 4.36. The number of hydrogen-bond donors (Lipinski definition) is 1. The van der Waals surface area contributed by atoms with Gasteiger partial charge in [0, 0.05) is 18.5 Å². The minimum absolute atomic E-state index is 0.191. The van der Waals surface area contributed by atoms with E-state index < -0.39 is 0 Å². The Balaban J connectivity index is 1.80. The SMILES string of the molecule is COc1ccccc1-n1nc(Cc2ccccc2F)c2c1NCC2. The molecular weight excluding hydrogens is 305 g/mol. The van der Waals surface area contributed by atoms with Crippen LogP contribution >= 0.6 is 0 Å². The van der Waals surface area contributed by atoms with Gasteiger partial charge in [-0.3, -0.25) is 0 Å². The number of rotatable bonds is 4. The standard InChI is InChI=1S/C19H18FN3O/c1-24-18-9-5-4-8-17(18)23-19-14(10-11-21-19)16(22-23)12-13-6-2-3-7-15(13)20/h2-9,21H,10-12H2,1H3. The molecule has 0 saturated heterocycles. The lowest BCUT2D eigenvalue weighted by Gasteiger charge is -2.10. The first-order valence-corrected chi connectivity index (χ1v) is 7.99. The van der Waals surface area contributed by atoms with E-state index in [2.05, 4.69) is 5.32 Å². The molecule has 5 heteroatoms. The molecule has 1 aromatic heterocycles. The maximum Gasteiger partial charge on any atom is 0.144 e. The zero-order valence-electron chi connectivity index (χ0n) is 13.4. The van der Waals surface area contributed by atoms with Gasteiger partial charge in [-0.15, -0.1) is 0 Å². The minimum Gasteiger partial charge on any atom is -0.494 e. The first kappa shape index (κ1) is 14.8. The minimum atomic E-state index is -0.191. The van der Waals surface area contributed by atoms with E-state index in [0.29, 0.717) is 12.0 Å². The Morgan fingerprint density at radius 2 is 1.96 bits per heavy atom. The molecule has 4 nitrogen and oxygen atoms in total. The van der Waals surface area contributed by atoms with Crippen molar-refractivity contribution in [1.82, 2.24) is 9.78 Å². The maximum absolute atomic E-state index is 14.0. The molecule has 0 saturated carbocycles. The summed E-state index contributed by atoms with van der Waals surface area (Å²) in [4.78, 5) is 0. The number of hydrogen-bond acceptors (Lipinski definition) is 3. The molecule has 0 atom stereocenters. The number of nitrogens with one attached hydrogen (secondary N) is 1. The fraction of sp³-hybridized carbons (Fsp3) is 0.211. The molecule has 1 aliphatic heterocycles. The first-order chi connectivity index (χ1) is 11.8. The van der Waals surface area contributed by atoms with Gasteiger partial charge < -0.3 is 10.1 Å². The summed E-state index contributed by atoms with van der Waals surface area (Å²) in [6.07, 6.45) is 1.38. The highest BCUT2D eigenvalue weighted by atomic mass is 19.1. The van der Waals surface area contributed by atoms with Crippen LogP contribution in [-0.4, -0.2) is 23.4 Å². The second kappa shape index (κ2) is 6.00. The van der Waals surface area contributed by atoms with Crippen molar-refractivity contribution in [3.8, 4) is 11.4 Å². The van der Waals surface area contributed by atoms with Crippen molar-refractivity contribution in [2.24, 2.45) is 0 Å². The van der Waals surface area contributed by atoms with Gasteiger partial charge in [0.15, 0.2) is 0 Å². The lowest BCUT2D eigenvalue weighted by molar-refractivity contribution is 0.412. The van der Waals surface area contributed by atoms with Crippen LogP contribution in [0.15, 0.2) is 48.5 Å². The highest BCUT2D eigenvalue weighted by Gasteiger charge is 2.24. The summed E-state index contributed by atoms with van der Waals surface area (Å²) in [6, 6.07) is 14.6. The molecule has 4 rings (SSSR count). The van der Waals surface area contributed by atoms with Crippen LogP contribution in [0.25, 0.3) is 5.69 Å². The van der Waals surface area contributed by atoms with Gasteiger partial charge in [-0.05, 0) is 30.2 Å². The van der Waals surface area contributed by atoms with Crippen LogP contribution in [0.2, 0.25) is 0 Å². The van der Waals surface area contributed by atoms with E-state index in [1.165, 1.54) is 6.07 Å². The van der Waals surface area contributed by atoms with Crippen molar-refractivity contribution in [2.75, 3.05) is 19.0 Å². The van der Waals surface area contributed by atoms with E-state index in [4.69, 9.17) is 9.84 Å². The van der Waals surface area contributed by atoms with Crippen molar-refractivity contribution in [3.05, 3.63) is 71.2 Å². The average molecular weight is 323 g/mol. The number of anilines is 1. The molecule has 0 spiro atoms. The van der Waals surface area contributed by atoms with Gasteiger partial charge in [-0.1, -0.05) is 30.3 Å². The van der Waals surface area contributed by atoms with Crippen LogP contribution in [0.3, 0.4) is 0 Å². The number of halogens is 1. The van der Waals surface area contributed by atoms with Gasteiger partial charge in [-0.2, -0.15) is 5.10 Å². The van der Waals surface area contributed by atoms with Gasteiger partial charge in [0.2, 0.25) is 0 Å². The Morgan fingerprint density at radius 3 is 2.79 bits per heavy atom. The van der Waals surface area contributed by atoms with Crippen molar-refractivity contribution in [2.45, 2.75) is 12.8 Å². The lowest BCUT2D eigenvalue weighted by Crippen LogP contribution is -2.06. The highest BCUT2D eigenvalue weighted by molar-refractivity contribution is 5.60. The number of benzene rings is 2. The number of nitrogens with zero attached hydrogens (tertiary/aromatic N) is 2. The molecule has 0 bridgehead atoms. The lowest BCUT2D eigenvalue weighted by atomic mass is 10.1. The van der Waals surface area contributed by atoms with Gasteiger partial charge >= 0.3 is 0 Å². The van der Waals surface area contributed by atoms with Crippen LogP contribution < -0.4 is 10.1 Å². The first-order valence-electron chi connectivity index (χ1n) is 7.99. The summed E-state index contributed by atoms with van der Waals surface area (Å²) in [5, 5.41) is 8.15. The van der Waals surface area contributed by atoms with E-state index >= 15 is 0 Å². The Labute approximate surface area is 139 Å². The molecule has 3 aromatic rings. The molecule has 2 aromatic carbocycles. The number of ether oxygens (including phenoxy) is 1. The van der Waals surface area contributed by atoms with Gasteiger partial charge in [0.05, 0.1) is 12.8 Å². The van der Waals surface area contributed by atoms with Gasteiger partial charge in [0.1, 0.15) is 23.1 Å². The zero-order chi connectivity index (χ0) is 16.5. The smallest absolute Gasteiger partial charge is 0.144 e. The fourth-order valence-electron chi connectivity index (χ4n) is 3.19. The average Bonchev–Trinajstić information content (AvgIpc) is 3.21. The van der Waals surface area contributed by atoms with Crippen LogP contribution in [0.4, 0.5) is 10.2 Å². The Kier molecular flexibility index (Phi) is 3.69. The molecule has 0 radical (unpaired) electrons. The number of aromatic nitrogens is 2. The summed E-state index contributed by atoms with van der Waals surface area (Å²) in [7, 11) is 1.65. The van der Waals surface area contributed by atoms with Crippen LogP contribution in [0.1, 0.15) is 16.8 Å². The molecule has 1 N–H and O–H groups in total. The van der Waals surface area contributed by atoms with E-state index in [0.717, 1.165) is 41.5 Å². The molecule has 0 amide bonds. The fourth-order valence-corrected chi connectivity index (χ4v) is 3.19. The Hall–Kier alpha value is -2.82. The summed E-state index contributed by atoms with van der Waals surface area (Å²) in [6.45, 7) is 0.868. The second-order valence-electron chi connectivity index (χ2n) is 5.80. The van der Waals surface area contributed by atoms with Crippen LogP contribution in [-0.2, 0) is 12.8 Å². The summed E-state index contributed by atoms with van der Waals surface area (Å²) >= 11 is 0. The maximum atomic E-state index is 14.0. The van der Waals surface area contributed by atoms with E-state index in [1.54, 1.807) is 13.2 Å². The van der Waals surface area contributed by atoms with E-state index in [9.17, 15) is 4.39 Å². The quantitative estimate of drug-likeness (QED) is 0.798. The molecule has 122 valence electrons. The molecule has 2 heterocycles. The summed E-state index contributed by atoms with van der Waals surface area (Å²) < 4.78 is 21.3. The summed E-state index contributed by atoms with van der Waals surface area (Å²) in [5.74, 6) is 1.55. The van der Waals surface area contributed by atoms with Crippen molar-refractivity contribution < 1.29 is 9.13 Å². The van der Waals surface area contributed by atoms with Crippen molar-refractivity contribution in [1.29, 1.82) is 0 Å². The molecule has 0 fully saturated rings. The number of methoxy groups -OCH3 is 1. The number of para-hydroxylation sites is 2. The molecule has 0 unspecified atom stereocenters. The monoisotopic (exact) mass is 323 g/mol. The van der Waals surface area contributed by atoms with Gasteiger partial charge in [0.25, 0.3) is 0 Å². The summed E-state index contributed by atoms with van der Waals surface area (Å²) in [5.41, 5.74) is 3.61. The molecule has 0 aliphatic carbocycles. The zero-order valence-corrected chi connectivity index (χ0v) is 13.4. The van der Waals surface area contributed by atoms with E-state index in [-0.39, 0.29) is 5.82 Å². The van der Waals surface area contributed by atoms with E-state index in [1.807, 2.05) is 41.1 Å². The third-order valence-corrected chi connectivity index (χ3v) is 4.36. The van der Waals surface area contributed by atoms with Crippen molar-refractivity contribution in [3.63, 3.8) is 0 Å². The Bertz CT molecular complexity index is 888. The topological polar surface area (TPSA) is 39.1 Å². The van der Waals surface area contributed by atoms with Crippen molar-refractivity contribution >= 4 is 5.82 Å². The molecular formula is C19H18FN3O. The predicted molar refractivity (Wildman–Crippen MR) is 91.5 cm³/mol. The highest BCUT2D eigenvalue weighted by Crippen LogP contribution is 2.33. The second-order valence-corrected chi connectivity index (χ2v) is 5.80. The normalized spacial score (nSPS) is 12.8. The molecule has 1 aliphatic rings. The van der Waals surface area contributed by atoms with Crippen LogP contribution in [0.5, 0.6) is 5.75 Å². The van der Waals surface area contributed by atoms with Crippen LogP contribution in [0, 0.1) is 5.82 Å². The van der Waals surface area contributed by atoms with Gasteiger partial charge in [-0.25, -0.2) is 9.07 Å². The predicted octanol–water partition coefficient (Wildman–Crippen LogP) is 3.58. The largest absolute Gasteiger partial charge is 0.494 e.